The number of hydrogen-bond donors (Lipinski definition) is 0. The molecule has 0 N–H and O–H groups in total. The third-order valence-electron chi connectivity index (χ3n) is 6.35. The van der Waals surface area contributed by atoms with Crippen LogP contribution >= 0.6 is 0 Å². The summed E-state index contributed by atoms with van der Waals surface area (Å²) in [6.07, 6.45) is -25.6. The minimum absolute atomic E-state index is 0.0146. The first-order valence-electron chi connectivity index (χ1n) is 13.1. The van der Waals surface area contributed by atoms with Gasteiger partial charge in [-0.2, -0.15) is 57.1 Å². The number of para-hydroxylation sites is 1. The van der Waals surface area contributed by atoms with Crippen molar-refractivity contribution in [3.63, 3.8) is 0 Å². The zero-order valence-corrected chi connectivity index (χ0v) is 23.2. The summed E-state index contributed by atoms with van der Waals surface area (Å²) < 4.78 is 182. The summed E-state index contributed by atoms with van der Waals surface area (Å²) in [4.78, 5) is 1.08. The second-order valence-electron chi connectivity index (χ2n) is 9.37. The van der Waals surface area contributed by atoms with Crippen LogP contribution in [-0.2, 0) is 12.4 Å². The molecule has 0 aromatic heterocycles. The Balaban J connectivity index is 0.00000271. The molecule has 0 radical (unpaired) electrons. The van der Waals surface area contributed by atoms with Crippen LogP contribution in [-0.4, -0.2) is 31.9 Å². The molecule has 0 bridgehead atoms. The van der Waals surface area contributed by atoms with Gasteiger partial charge in [0.25, 0.3) is 0 Å². The van der Waals surface area contributed by atoms with E-state index in [9.17, 15) is 57.1 Å². The molecule has 16 heteroatoms. The van der Waals surface area contributed by atoms with Gasteiger partial charge in [0.2, 0.25) is 0 Å². The van der Waals surface area contributed by atoms with E-state index >= 15 is 0 Å². The van der Waals surface area contributed by atoms with Crippen molar-refractivity contribution in [1.29, 1.82) is 0 Å². The van der Waals surface area contributed by atoms with Crippen molar-refractivity contribution < 1.29 is 66.5 Å². The summed E-state index contributed by atoms with van der Waals surface area (Å²) in [5.74, 6) is -1.08. The molecule has 0 saturated heterocycles. The lowest BCUT2D eigenvalue weighted by Crippen LogP contribution is -2.39. The van der Waals surface area contributed by atoms with E-state index in [4.69, 9.17) is 4.74 Å². The monoisotopic (exact) mass is 665 g/mol. The number of anilines is 1. The molecule has 4 rings (SSSR count). The Morgan fingerprint density at radius 3 is 1.91 bits per heavy atom. The Labute approximate surface area is 248 Å². The summed E-state index contributed by atoms with van der Waals surface area (Å²) >= 11 is 0. The van der Waals surface area contributed by atoms with Crippen molar-refractivity contribution in [3.05, 3.63) is 77.4 Å². The van der Waals surface area contributed by atoms with Crippen LogP contribution in [0.2, 0.25) is 0 Å². The third-order valence-corrected chi connectivity index (χ3v) is 6.35. The van der Waals surface area contributed by atoms with E-state index in [0.717, 1.165) is 29.2 Å². The minimum Gasteiger partial charge on any atom is -0.488 e. The van der Waals surface area contributed by atoms with Crippen LogP contribution in [0.4, 0.5) is 62.8 Å². The van der Waals surface area contributed by atoms with Crippen molar-refractivity contribution in [2.45, 2.75) is 57.4 Å². The number of alkyl halides is 13. The van der Waals surface area contributed by atoms with Crippen molar-refractivity contribution in [2.24, 2.45) is 0 Å². The van der Waals surface area contributed by atoms with E-state index in [2.05, 4.69) is 4.74 Å². The molecule has 0 amide bonds. The summed E-state index contributed by atoms with van der Waals surface area (Å²) in [6, 6.07) is 7.26. The lowest BCUT2D eigenvalue weighted by Gasteiger charge is -2.40. The normalized spacial score (nSPS) is 15.6. The number of halogens is 13. The number of benzene rings is 3. The average molecular weight is 665 g/mol. The molecule has 45 heavy (non-hydrogen) atoms. The fraction of sp³-hybridized carbons (Fsp3) is 0.379. The van der Waals surface area contributed by atoms with Crippen LogP contribution in [0, 0.1) is 0 Å². The highest BCUT2D eigenvalue weighted by Crippen LogP contribution is 2.48. The second kappa shape index (κ2) is 13.3. The Morgan fingerprint density at radius 2 is 1.38 bits per heavy atom. The van der Waals surface area contributed by atoms with Gasteiger partial charge in [-0.3, -0.25) is 0 Å². The van der Waals surface area contributed by atoms with Gasteiger partial charge in [0.05, 0.1) is 29.3 Å². The van der Waals surface area contributed by atoms with Crippen LogP contribution in [0.15, 0.2) is 60.7 Å². The van der Waals surface area contributed by atoms with E-state index in [1.807, 2.05) is 13.8 Å². The van der Waals surface area contributed by atoms with Gasteiger partial charge in [0.15, 0.2) is 5.75 Å². The highest BCUT2D eigenvalue weighted by atomic mass is 19.4. The summed E-state index contributed by atoms with van der Waals surface area (Å²) in [6.45, 7) is 2.64. The summed E-state index contributed by atoms with van der Waals surface area (Å²) in [5.41, 5.74) is -4.31. The van der Waals surface area contributed by atoms with Crippen LogP contribution in [0.25, 0.3) is 11.1 Å². The Hall–Kier alpha value is -3.85. The van der Waals surface area contributed by atoms with E-state index in [1.54, 1.807) is 0 Å². The molecule has 1 atom stereocenters. The van der Waals surface area contributed by atoms with E-state index in [-0.39, 0.29) is 28.6 Å². The van der Waals surface area contributed by atoms with E-state index in [1.165, 1.54) is 18.2 Å². The minimum atomic E-state index is -5.18. The molecule has 1 heterocycles. The Bertz CT molecular complexity index is 1420. The fourth-order valence-corrected chi connectivity index (χ4v) is 4.45. The standard InChI is InChI=1S/C27H18F13NO2.C2H6/c28-23(29)27(39,40)43-18-4-1-3-14(11-18)21-13-42-22-19(5-2-6-20(22)41(21)8-7-24(30,31)32)15-9-16(25(33,34)35)12-17(10-15)26(36,37)38;1-2/h1-6,9-12,21,23H,7-8,13H2;1-2H3/t21-;/m1./s1. The molecular weight excluding hydrogens is 641 g/mol. The summed E-state index contributed by atoms with van der Waals surface area (Å²) in [7, 11) is 0. The number of hydrogen-bond acceptors (Lipinski definition) is 3. The fourth-order valence-electron chi connectivity index (χ4n) is 4.45. The number of ether oxygens (including phenoxy) is 2. The Kier molecular flexibility index (Phi) is 10.5. The smallest absolute Gasteiger partial charge is 0.461 e. The maximum absolute atomic E-state index is 13.5. The van der Waals surface area contributed by atoms with Crippen molar-refractivity contribution in [2.75, 3.05) is 18.1 Å². The van der Waals surface area contributed by atoms with Crippen LogP contribution < -0.4 is 14.4 Å². The SMILES string of the molecule is CC.FC(F)C(F)(F)Oc1cccc([C@H]2COc3c(-c4cc(C(F)(F)F)cc(C(F)(F)F)c4)cccc3N2CCC(F)(F)F)c1. The predicted molar refractivity (Wildman–Crippen MR) is 138 cm³/mol. The lowest BCUT2D eigenvalue weighted by molar-refractivity contribution is -0.253. The van der Waals surface area contributed by atoms with E-state index in [0.29, 0.717) is 12.1 Å². The molecule has 1 aliphatic heterocycles. The zero-order valence-electron chi connectivity index (χ0n) is 23.2. The first-order chi connectivity index (χ1) is 20.8. The molecule has 0 saturated carbocycles. The van der Waals surface area contributed by atoms with Crippen LogP contribution in [0.3, 0.4) is 0 Å². The molecule has 248 valence electrons. The van der Waals surface area contributed by atoms with Gasteiger partial charge in [0, 0.05) is 12.1 Å². The second-order valence-corrected chi connectivity index (χ2v) is 9.37. The topological polar surface area (TPSA) is 21.7 Å². The molecular formula is C29H24F13NO2. The highest BCUT2D eigenvalue weighted by Gasteiger charge is 2.44. The maximum atomic E-state index is 13.5. The highest BCUT2D eigenvalue weighted by molar-refractivity contribution is 5.80. The van der Waals surface area contributed by atoms with Gasteiger partial charge in [-0.25, -0.2) is 0 Å². The molecule has 1 aliphatic rings. The van der Waals surface area contributed by atoms with E-state index < -0.39 is 79.1 Å². The molecule has 0 unspecified atom stereocenters. The molecule has 0 fully saturated rings. The number of fused-ring (bicyclic) bond motifs is 1. The first-order valence-corrected chi connectivity index (χ1v) is 13.1. The first kappa shape index (κ1) is 35.6. The molecule has 0 aliphatic carbocycles. The van der Waals surface area contributed by atoms with Crippen molar-refractivity contribution >= 4 is 5.69 Å². The van der Waals surface area contributed by atoms with Crippen LogP contribution in [0.5, 0.6) is 11.5 Å². The van der Waals surface area contributed by atoms with Gasteiger partial charge in [-0.05, 0) is 47.5 Å². The predicted octanol–water partition coefficient (Wildman–Crippen LogP) is 10.5. The lowest BCUT2D eigenvalue weighted by atomic mass is 9.95. The van der Waals surface area contributed by atoms with Gasteiger partial charge >= 0.3 is 31.1 Å². The maximum Gasteiger partial charge on any atom is 0.461 e. The zero-order chi connectivity index (χ0) is 34.0. The number of rotatable bonds is 7. The average Bonchev–Trinajstić information content (AvgIpc) is 2.94. The van der Waals surface area contributed by atoms with Crippen molar-refractivity contribution in [3.8, 4) is 22.6 Å². The number of nitrogens with zero attached hydrogens (tertiary/aromatic N) is 1. The third kappa shape index (κ3) is 8.66. The van der Waals surface area contributed by atoms with Crippen molar-refractivity contribution in [1.82, 2.24) is 0 Å². The molecule has 0 spiro atoms. The molecule has 3 nitrogen and oxygen atoms in total. The van der Waals surface area contributed by atoms with Crippen LogP contribution in [0.1, 0.15) is 43.0 Å². The van der Waals surface area contributed by atoms with Gasteiger partial charge in [-0.1, -0.05) is 38.1 Å². The van der Waals surface area contributed by atoms with Gasteiger partial charge in [-0.15, -0.1) is 0 Å². The molecule has 3 aromatic carbocycles. The van der Waals surface area contributed by atoms with Gasteiger partial charge in [0.1, 0.15) is 12.4 Å². The van der Waals surface area contributed by atoms with Gasteiger partial charge < -0.3 is 14.4 Å². The molecule has 3 aromatic rings. The summed E-state index contributed by atoms with van der Waals surface area (Å²) in [5, 5.41) is 0. The quantitative estimate of drug-likeness (QED) is 0.235. The Morgan fingerprint density at radius 1 is 0.800 bits per heavy atom. The largest absolute Gasteiger partial charge is 0.488 e.